The molecule has 460 valence electrons. The van der Waals surface area contributed by atoms with Gasteiger partial charge in [-0.1, -0.05) is 295 Å². The summed E-state index contributed by atoms with van der Waals surface area (Å²) in [5.41, 5.74) is 0. The first-order valence-corrected chi connectivity index (χ1v) is 34.7. The summed E-state index contributed by atoms with van der Waals surface area (Å²) >= 11 is 0. The van der Waals surface area contributed by atoms with Gasteiger partial charge in [0.05, 0.1) is 19.8 Å². The third-order valence-corrected chi connectivity index (χ3v) is 15.8. The first-order chi connectivity index (χ1) is 38.2. The maximum Gasteiger partial charge on any atom is 0.472 e. The van der Waals surface area contributed by atoms with Crippen molar-refractivity contribution in [1.29, 1.82) is 0 Å². The van der Waals surface area contributed by atoms with Crippen molar-refractivity contribution in [2.75, 3.05) is 26.4 Å². The Labute approximate surface area is 480 Å². The summed E-state index contributed by atoms with van der Waals surface area (Å²) in [6.45, 7) is 4.70. The molecule has 12 heteroatoms. The average molecular weight is 1130 g/mol. The lowest BCUT2D eigenvalue weighted by atomic mass is 10.0. The highest BCUT2D eigenvalue weighted by Crippen LogP contribution is 2.43. The van der Waals surface area contributed by atoms with Crippen molar-refractivity contribution in [2.45, 2.75) is 354 Å². The molecule has 2 N–H and O–H groups in total. The molecule has 0 bridgehead atoms. The van der Waals surface area contributed by atoms with Crippen LogP contribution in [0.3, 0.4) is 0 Å². The number of phosphoric ester groups is 1. The zero-order chi connectivity index (χ0) is 56.9. The Morgan fingerprint density at radius 1 is 0.359 bits per heavy atom. The van der Waals surface area contributed by atoms with E-state index in [9.17, 15) is 28.9 Å². The fraction of sp³-hybridized carbons (Fsp3) is 0.894. The fourth-order valence-electron chi connectivity index (χ4n) is 9.80. The minimum atomic E-state index is -4.75. The number of aliphatic hydroxyl groups excluding tert-OH is 1. The van der Waals surface area contributed by atoms with Gasteiger partial charge in [-0.15, -0.1) is 0 Å². The van der Waals surface area contributed by atoms with E-state index in [-0.39, 0.29) is 25.9 Å². The number of esters is 3. The Morgan fingerprint density at radius 3 is 0.974 bits per heavy atom. The molecule has 3 atom stereocenters. The molecule has 3 unspecified atom stereocenters. The van der Waals surface area contributed by atoms with Gasteiger partial charge in [0.15, 0.2) is 6.10 Å². The summed E-state index contributed by atoms with van der Waals surface area (Å²) in [5.74, 6) is -1.44. The number of carbonyl (C=O) groups excluding carboxylic acids is 3. The van der Waals surface area contributed by atoms with E-state index in [1.54, 1.807) is 0 Å². The molecule has 78 heavy (non-hydrogen) atoms. The van der Waals surface area contributed by atoms with Crippen molar-refractivity contribution in [3.8, 4) is 0 Å². The maximum atomic E-state index is 13.0. The van der Waals surface area contributed by atoms with Gasteiger partial charge in [0.1, 0.15) is 12.7 Å². The summed E-state index contributed by atoms with van der Waals surface area (Å²) < 4.78 is 39.7. The number of hydrogen-bond donors (Lipinski definition) is 2. The molecule has 0 spiro atoms. The van der Waals surface area contributed by atoms with Crippen LogP contribution in [0.4, 0.5) is 0 Å². The molecule has 11 nitrogen and oxygen atoms in total. The smallest absolute Gasteiger partial charge is 0.462 e. The molecule has 0 fully saturated rings. The molecule has 0 saturated carbocycles. The highest BCUT2D eigenvalue weighted by Gasteiger charge is 2.28. The Kier molecular flexibility index (Phi) is 59.4. The Morgan fingerprint density at radius 2 is 0.628 bits per heavy atom. The van der Waals surface area contributed by atoms with E-state index in [0.29, 0.717) is 19.3 Å². The number of rotatable bonds is 63. The van der Waals surface area contributed by atoms with Crippen molar-refractivity contribution < 1.29 is 52.2 Å². The number of ether oxygens (including phenoxy) is 3. The molecule has 0 aromatic rings. The minimum absolute atomic E-state index is 0.166. The molecule has 0 rings (SSSR count). The average Bonchev–Trinajstić information content (AvgIpc) is 3.43. The second-order valence-corrected chi connectivity index (χ2v) is 24.1. The number of phosphoric acid groups is 1. The molecular weight excluding hydrogens is 1000 g/mol. The Balaban J connectivity index is 4.65. The number of unbranched alkanes of at least 4 members (excludes halogenated alkanes) is 42. The number of allylic oxidation sites excluding steroid dienone is 4. The largest absolute Gasteiger partial charge is 0.472 e. The van der Waals surface area contributed by atoms with Crippen LogP contribution in [0.25, 0.3) is 0 Å². The van der Waals surface area contributed by atoms with Gasteiger partial charge < -0.3 is 24.2 Å². The van der Waals surface area contributed by atoms with E-state index < -0.39 is 57.8 Å². The second kappa shape index (κ2) is 61.0. The first-order valence-electron chi connectivity index (χ1n) is 33.2. The Bertz CT molecular complexity index is 1400. The van der Waals surface area contributed by atoms with E-state index in [2.05, 4.69) is 45.1 Å². The zero-order valence-electron chi connectivity index (χ0n) is 51.2. The SMILES string of the molecule is CCCCC/C=C\C/C=C\CCCCCCCC(=O)OC(CO)COP(=O)(O)OCC(COC(=O)CCCCCCCCCCCCCCCCCCC)OC(=O)CCCCCCCCCCCCCCCCCCCCC. The lowest BCUT2D eigenvalue weighted by Gasteiger charge is -2.21. The normalized spacial score (nSPS) is 13.3. The van der Waals surface area contributed by atoms with Gasteiger partial charge in [-0.25, -0.2) is 4.57 Å². The molecule has 0 aliphatic heterocycles. The van der Waals surface area contributed by atoms with Crippen LogP contribution in [-0.2, 0) is 42.2 Å². The predicted molar refractivity (Wildman–Crippen MR) is 326 cm³/mol. The van der Waals surface area contributed by atoms with Crippen molar-refractivity contribution in [1.82, 2.24) is 0 Å². The molecule has 0 aliphatic carbocycles. The summed E-state index contributed by atoms with van der Waals surface area (Å²) in [5, 5.41) is 9.85. The van der Waals surface area contributed by atoms with Crippen LogP contribution in [0.15, 0.2) is 24.3 Å². The lowest BCUT2D eigenvalue weighted by molar-refractivity contribution is -0.161. The molecule has 0 aromatic carbocycles. The standard InChI is InChI=1S/C66H125O11P/c1-4-7-10-13-16-19-22-25-28-30-31-33-36-39-42-45-48-51-54-57-66(70)77-63(59-73-64(68)55-52-49-46-43-40-37-35-32-29-26-23-20-17-14-11-8-5-2)61-75-78(71,72)74-60-62(58-67)76-65(69)56-53-50-47-44-41-38-34-27-24-21-18-15-12-9-6-3/h18,21,27,34,62-63,67H,4-17,19-20,22-26,28-33,35-61H2,1-3H3,(H,71,72)/b21-18-,34-27-. The van der Waals surface area contributed by atoms with E-state index in [0.717, 1.165) is 83.5 Å². The van der Waals surface area contributed by atoms with Crippen LogP contribution in [0.5, 0.6) is 0 Å². The van der Waals surface area contributed by atoms with Gasteiger partial charge in [0.2, 0.25) is 0 Å². The molecule has 0 saturated heterocycles. The van der Waals surface area contributed by atoms with Gasteiger partial charge in [-0.3, -0.25) is 23.4 Å². The van der Waals surface area contributed by atoms with Gasteiger partial charge in [-0.05, 0) is 51.4 Å². The Hall–Kier alpha value is -2.04. The quantitative estimate of drug-likeness (QED) is 0.0197. The molecule has 0 radical (unpaired) electrons. The van der Waals surface area contributed by atoms with Crippen LogP contribution in [-0.4, -0.2) is 66.5 Å². The fourth-order valence-corrected chi connectivity index (χ4v) is 10.6. The van der Waals surface area contributed by atoms with Crippen molar-refractivity contribution in [2.24, 2.45) is 0 Å². The van der Waals surface area contributed by atoms with Gasteiger partial charge in [0.25, 0.3) is 0 Å². The molecular formula is C66H125O11P. The first kappa shape index (κ1) is 76.0. The molecule has 0 aromatic heterocycles. The summed E-state index contributed by atoms with van der Waals surface area (Å²) in [4.78, 5) is 48.8. The molecule has 0 aliphatic rings. The molecule has 0 amide bonds. The highest BCUT2D eigenvalue weighted by atomic mass is 31.2. The number of carbonyl (C=O) groups is 3. The second-order valence-electron chi connectivity index (χ2n) is 22.7. The molecule has 0 heterocycles. The third-order valence-electron chi connectivity index (χ3n) is 14.9. The van der Waals surface area contributed by atoms with Gasteiger partial charge >= 0.3 is 25.7 Å². The van der Waals surface area contributed by atoms with E-state index in [4.69, 9.17) is 23.3 Å². The van der Waals surface area contributed by atoms with Crippen molar-refractivity contribution in [3.63, 3.8) is 0 Å². The van der Waals surface area contributed by atoms with Crippen molar-refractivity contribution in [3.05, 3.63) is 24.3 Å². The van der Waals surface area contributed by atoms with E-state index in [1.165, 1.54) is 199 Å². The van der Waals surface area contributed by atoms with Crippen LogP contribution in [0.1, 0.15) is 342 Å². The third kappa shape index (κ3) is 58.6. The van der Waals surface area contributed by atoms with Crippen LogP contribution < -0.4 is 0 Å². The monoisotopic (exact) mass is 1120 g/mol. The minimum Gasteiger partial charge on any atom is -0.462 e. The maximum absolute atomic E-state index is 13.0. The lowest BCUT2D eigenvalue weighted by Crippen LogP contribution is -2.30. The number of aliphatic hydroxyl groups is 1. The van der Waals surface area contributed by atoms with Crippen LogP contribution in [0.2, 0.25) is 0 Å². The number of hydrogen-bond acceptors (Lipinski definition) is 10. The topological polar surface area (TPSA) is 155 Å². The highest BCUT2D eigenvalue weighted by molar-refractivity contribution is 7.47. The van der Waals surface area contributed by atoms with Gasteiger partial charge in [-0.2, -0.15) is 0 Å². The zero-order valence-corrected chi connectivity index (χ0v) is 52.1. The summed E-state index contributed by atoms with van der Waals surface area (Å²) in [6.07, 6.45) is 64.1. The predicted octanol–water partition coefficient (Wildman–Crippen LogP) is 20.2. The summed E-state index contributed by atoms with van der Waals surface area (Å²) in [7, 11) is -4.75. The van der Waals surface area contributed by atoms with E-state index >= 15 is 0 Å². The van der Waals surface area contributed by atoms with Crippen LogP contribution in [0, 0.1) is 0 Å². The van der Waals surface area contributed by atoms with E-state index in [1.807, 2.05) is 0 Å². The van der Waals surface area contributed by atoms with Crippen molar-refractivity contribution >= 4 is 25.7 Å². The summed E-state index contributed by atoms with van der Waals surface area (Å²) in [6, 6.07) is 0. The van der Waals surface area contributed by atoms with Crippen LogP contribution >= 0.6 is 7.82 Å². The van der Waals surface area contributed by atoms with Gasteiger partial charge in [0, 0.05) is 19.3 Å².